The molecule has 2 aromatic rings. The van der Waals surface area contributed by atoms with E-state index in [1.54, 1.807) is 0 Å². The third kappa shape index (κ3) is 1.55. The van der Waals surface area contributed by atoms with Crippen LogP contribution < -0.4 is 0 Å². The molecule has 0 amide bonds. The van der Waals surface area contributed by atoms with Gasteiger partial charge in [0.05, 0.1) is 0 Å². The van der Waals surface area contributed by atoms with Crippen molar-refractivity contribution in [2.45, 2.75) is 0 Å². The average Bonchev–Trinajstić information content (AvgIpc) is 3.08. The fourth-order valence-corrected chi connectivity index (χ4v) is 2.80. The maximum absolute atomic E-state index is 3.25. The number of allylic oxidation sites excluding steroid dienone is 4. The van der Waals surface area contributed by atoms with Crippen LogP contribution in [0, 0.1) is 0 Å². The first-order valence-electron chi connectivity index (χ1n) is 6.48. The second kappa shape index (κ2) is 3.98. The summed E-state index contributed by atoms with van der Waals surface area (Å²) in [5.74, 6) is 0. The van der Waals surface area contributed by atoms with Gasteiger partial charge in [0.15, 0.2) is 0 Å². The van der Waals surface area contributed by atoms with E-state index < -0.39 is 0 Å². The number of fused-ring (bicyclic) bond motifs is 3. The highest BCUT2D eigenvalue weighted by Crippen LogP contribution is 2.44. The van der Waals surface area contributed by atoms with E-state index in [2.05, 4.69) is 66.4 Å². The Kier molecular flexibility index (Phi) is 2.17. The molecule has 0 spiro atoms. The van der Waals surface area contributed by atoms with Crippen molar-refractivity contribution >= 4 is 5.57 Å². The number of rotatable bonds is 1. The minimum absolute atomic E-state index is 1.14. The highest BCUT2D eigenvalue weighted by atomic mass is 14.2. The molecule has 2 aliphatic carbocycles. The van der Waals surface area contributed by atoms with Gasteiger partial charge in [-0.1, -0.05) is 54.6 Å². The van der Waals surface area contributed by atoms with Gasteiger partial charge in [0.2, 0.25) is 0 Å². The average molecular weight is 240 g/mol. The van der Waals surface area contributed by atoms with Crippen LogP contribution in [0.5, 0.6) is 0 Å². The van der Waals surface area contributed by atoms with Crippen molar-refractivity contribution in [2.24, 2.45) is 0 Å². The Morgan fingerprint density at radius 2 is 1.32 bits per heavy atom. The highest BCUT2D eigenvalue weighted by molar-refractivity contribution is 6.01. The predicted octanol–water partition coefficient (Wildman–Crippen LogP) is 4.75. The minimum Gasteiger partial charge on any atom is -0.113 e. The maximum Gasteiger partial charge on any atom is 0.0171 e. The van der Waals surface area contributed by atoms with Gasteiger partial charge in [0.1, 0.15) is 0 Å². The molecule has 0 aliphatic heterocycles. The molecule has 0 radical (unpaired) electrons. The second-order valence-electron chi connectivity index (χ2n) is 4.77. The molecule has 0 nitrogen and oxygen atoms in total. The van der Waals surface area contributed by atoms with E-state index in [0.717, 1.165) is 5.57 Å². The summed E-state index contributed by atoms with van der Waals surface area (Å²) >= 11 is 0. The lowest BCUT2D eigenvalue weighted by Gasteiger charge is -2.01. The molecule has 0 unspecified atom stereocenters. The molecule has 0 N–H and O–H groups in total. The van der Waals surface area contributed by atoms with Gasteiger partial charge < -0.3 is 0 Å². The molecule has 0 heterocycles. The van der Waals surface area contributed by atoms with E-state index in [1.807, 2.05) is 12.2 Å². The van der Waals surface area contributed by atoms with Gasteiger partial charge in [-0.3, -0.25) is 0 Å². The van der Waals surface area contributed by atoms with Crippen molar-refractivity contribution < 1.29 is 0 Å². The fraction of sp³-hybridized carbons (Fsp3) is 0. The fourth-order valence-electron chi connectivity index (χ4n) is 2.80. The van der Waals surface area contributed by atoms with Crippen LogP contribution >= 0.6 is 0 Å². The van der Waals surface area contributed by atoms with Gasteiger partial charge in [-0.15, -0.1) is 5.73 Å². The Hall–Kier alpha value is -2.56. The molecule has 0 aromatic heterocycles. The van der Waals surface area contributed by atoms with Crippen LogP contribution in [0.1, 0.15) is 11.1 Å². The molecule has 0 bridgehead atoms. The molecule has 0 atom stereocenters. The van der Waals surface area contributed by atoms with Crippen molar-refractivity contribution in [2.75, 3.05) is 0 Å². The van der Waals surface area contributed by atoms with E-state index in [0.29, 0.717) is 0 Å². The largest absolute Gasteiger partial charge is 0.113 e. The van der Waals surface area contributed by atoms with Crippen molar-refractivity contribution in [1.29, 1.82) is 0 Å². The molecule has 88 valence electrons. The quantitative estimate of drug-likeness (QED) is 0.538. The number of hydrogen-bond donors (Lipinski definition) is 0. The van der Waals surface area contributed by atoms with Crippen LogP contribution in [-0.4, -0.2) is 0 Å². The molecule has 19 heavy (non-hydrogen) atoms. The molecule has 2 aliphatic rings. The summed E-state index contributed by atoms with van der Waals surface area (Å²) in [4.78, 5) is 0. The van der Waals surface area contributed by atoms with Crippen molar-refractivity contribution in [3.63, 3.8) is 0 Å². The summed E-state index contributed by atoms with van der Waals surface area (Å²) in [6, 6.07) is 17.2. The first-order chi connectivity index (χ1) is 9.43. The van der Waals surface area contributed by atoms with Gasteiger partial charge in [-0.05, 0) is 46.1 Å². The molecule has 0 saturated carbocycles. The van der Waals surface area contributed by atoms with Gasteiger partial charge in [0, 0.05) is 5.57 Å². The van der Waals surface area contributed by atoms with Gasteiger partial charge in [0.25, 0.3) is 0 Å². The van der Waals surface area contributed by atoms with Gasteiger partial charge in [-0.2, -0.15) is 0 Å². The van der Waals surface area contributed by atoms with Crippen molar-refractivity contribution in [3.8, 4) is 11.1 Å². The topological polar surface area (TPSA) is 0 Å². The Labute approximate surface area is 112 Å². The molecule has 4 rings (SSSR count). The van der Waals surface area contributed by atoms with Crippen LogP contribution in [0.4, 0.5) is 0 Å². The van der Waals surface area contributed by atoms with Crippen LogP contribution in [-0.2, 0) is 0 Å². The summed E-state index contributed by atoms with van der Waals surface area (Å²) < 4.78 is 0. The van der Waals surface area contributed by atoms with Crippen LogP contribution in [0.3, 0.4) is 0 Å². The van der Waals surface area contributed by atoms with Gasteiger partial charge >= 0.3 is 0 Å². The lowest BCUT2D eigenvalue weighted by atomic mass is 10.0. The minimum atomic E-state index is 1.14. The second-order valence-corrected chi connectivity index (χ2v) is 4.77. The smallest absolute Gasteiger partial charge is 0.0171 e. The van der Waals surface area contributed by atoms with Gasteiger partial charge in [-0.25, -0.2) is 0 Å². The third-order valence-corrected chi connectivity index (χ3v) is 3.65. The molecule has 0 fully saturated rings. The molecular formula is C19H12. The Bertz CT molecular complexity index is 747. The molecule has 0 heteroatoms. The molecule has 2 aromatic carbocycles. The third-order valence-electron chi connectivity index (χ3n) is 3.65. The van der Waals surface area contributed by atoms with E-state index in [1.165, 1.54) is 27.8 Å². The summed E-state index contributed by atoms with van der Waals surface area (Å²) in [5, 5.41) is 0. The SMILES string of the molecule is C1=CC=CC=1C=C1c2ccccc2-c2ccccc21. The van der Waals surface area contributed by atoms with Crippen LogP contribution in [0.15, 0.2) is 84.1 Å². The summed E-state index contributed by atoms with van der Waals surface area (Å²) in [6.07, 6.45) is 8.31. The zero-order valence-corrected chi connectivity index (χ0v) is 10.4. The summed E-state index contributed by atoms with van der Waals surface area (Å²) in [5.41, 5.74) is 11.0. The number of hydrogen-bond acceptors (Lipinski definition) is 0. The van der Waals surface area contributed by atoms with E-state index in [4.69, 9.17) is 0 Å². The predicted molar refractivity (Wildman–Crippen MR) is 79.7 cm³/mol. The zero-order chi connectivity index (χ0) is 12.7. The van der Waals surface area contributed by atoms with Crippen molar-refractivity contribution in [1.82, 2.24) is 0 Å². The molecule has 0 saturated heterocycles. The first-order valence-corrected chi connectivity index (χ1v) is 6.48. The lowest BCUT2D eigenvalue weighted by Crippen LogP contribution is -1.81. The Morgan fingerprint density at radius 1 is 0.737 bits per heavy atom. The Morgan fingerprint density at radius 3 is 1.84 bits per heavy atom. The van der Waals surface area contributed by atoms with E-state index in [9.17, 15) is 0 Å². The normalized spacial score (nSPS) is 14.3. The zero-order valence-electron chi connectivity index (χ0n) is 10.4. The Balaban J connectivity index is 2.01. The van der Waals surface area contributed by atoms with Crippen LogP contribution in [0.25, 0.3) is 16.7 Å². The van der Waals surface area contributed by atoms with E-state index >= 15 is 0 Å². The molecular weight excluding hydrogens is 228 g/mol. The highest BCUT2D eigenvalue weighted by Gasteiger charge is 2.22. The van der Waals surface area contributed by atoms with Crippen LogP contribution in [0.2, 0.25) is 0 Å². The maximum atomic E-state index is 3.25. The standard InChI is InChI=1S/C19H12/c1-2-8-14(7-1)13-19-17-11-5-3-9-15(17)16-10-4-6-12-18(16)19/h1-7,9-13H. The first kappa shape index (κ1) is 10.4. The summed E-state index contributed by atoms with van der Waals surface area (Å²) in [7, 11) is 0. The summed E-state index contributed by atoms with van der Waals surface area (Å²) in [6.45, 7) is 0. The van der Waals surface area contributed by atoms with E-state index in [-0.39, 0.29) is 0 Å². The number of benzene rings is 2. The van der Waals surface area contributed by atoms with Crippen molar-refractivity contribution in [3.05, 3.63) is 95.3 Å². The monoisotopic (exact) mass is 240 g/mol. The lowest BCUT2D eigenvalue weighted by molar-refractivity contribution is 1.64.